The van der Waals surface area contributed by atoms with E-state index in [9.17, 15) is 8.42 Å². The van der Waals surface area contributed by atoms with Crippen molar-refractivity contribution < 1.29 is 8.42 Å². The van der Waals surface area contributed by atoms with Crippen molar-refractivity contribution in [3.8, 4) is 22.8 Å². The van der Waals surface area contributed by atoms with E-state index in [-0.39, 0.29) is 6.04 Å². The van der Waals surface area contributed by atoms with Gasteiger partial charge in [0.2, 0.25) is 0 Å². The highest BCUT2D eigenvalue weighted by Gasteiger charge is 2.35. The Hall–Kier alpha value is -1.61. The number of hydrogen-bond acceptors (Lipinski definition) is 3. The smallest absolute Gasteiger partial charge is 0.206 e. The summed E-state index contributed by atoms with van der Waals surface area (Å²) >= 11 is 1.29. The van der Waals surface area contributed by atoms with Crippen LogP contribution in [0.1, 0.15) is 12.8 Å². The molecule has 0 amide bonds. The van der Waals surface area contributed by atoms with E-state index in [4.69, 9.17) is 6.42 Å². The molecule has 1 fully saturated rings. The zero-order valence-electron chi connectivity index (χ0n) is 11.4. The molecule has 0 spiro atoms. The number of sulfonamides is 1. The van der Waals surface area contributed by atoms with Crippen LogP contribution in [0.25, 0.3) is 10.4 Å². The predicted octanol–water partition coefficient (Wildman–Crippen LogP) is 3.20. The number of hydrogen-bond donors (Lipinski definition) is 0. The lowest BCUT2D eigenvalue weighted by Crippen LogP contribution is -2.34. The molecule has 0 aliphatic carbocycles. The van der Waals surface area contributed by atoms with Crippen molar-refractivity contribution in [1.82, 2.24) is 4.31 Å². The van der Waals surface area contributed by atoms with Crippen molar-refractivity contribution >= 4 is 21.4 Å². The molecule has 0 bridgehead atoms. The van der Waals surface area contributed by atoms with Gasteiger partial charge in [-0.3, -0.25) is 0 Å². The molecule has 21 heavy (non-hydrogen) atoms. The van der Waals surface area contributed by atoms with Gasteiger partial charge in [-0.15, -0.1) is 17.8 Å². The number of nitrogens with zero attached hydrogens (tertiary/aromatic N) is 1. The number of terminal acetylenes is 1. The third-order valence-electron chi connectivity index (χ3n) is 3.60. The Bertz CT molecular complexity index is 772. The van der Waals surface area contributed by atoms with Gasteiger partial charge in [0.25, 0.3) is 10.0 Å². The summed E-state index contributed by atoms with van der Waals surface area (Å²) in [5.41, 5.74) is 1.03. The molecule has 1 atom stereocenters. The van der Waals surface area contributed by atoms with Crippen molar-refractivity contribution in [2.24, 2.45) is 0 Å². The first-order chi connectivity index (χ1) is 10.1. The highest BCUT2D eigenvalue weighted by molar-refractivity contribution is 7.91. The molecular weight excluding hydrogens is 302 g/mol. The van der Waals surface area contributed by atoms with Crippen LogP contribution in [0.3, 0.4) is 0 Å². The molecule has 1 saturated heterocycles. The highest BCUT2D eigenvalue weighted by Crippen LogP contribution is 2.34. The Morgan fingerprint density at radius 1 is 1.19 bits per heavy atom. The van der Waals surface area contributed by atoms with E-state index < -0.39 is 10.0 Å². The van der Waals surface area contributed by atoms with Gasteiger partial charge in [-0.25, -0.2) is 8.42 Å². The zero-order chi connectivity index (χ0) is 14.9. The maximum absolute atomic E-state index is 12.7. The lowest BCUT2D eigenvalue weighted by Gasteiger charge is -2.18. The molecule has 1 aromatic heterocycles. The maximum atomic E-state index is 12.7. The summed E-state index contributed by atoms with van der Waals surface area (Å²) in [6.07, 6.45) is 7.01. The Labute approximate surface area is 129 Å². The summed E-state index contributed by atoms with van der Waals surface area (Å²) in [4.78, 5) is 0.950. The molecule has 5 heteroatoms. The molecule has 0 unspecified atom stereocenters. The van der Waals surface area contributed by atoms with Crippen LogP contribution >= 0.6 is 11.3 Å². The second-order valence-corrected chi connectivity index (χ2v) is 8.13. The summed E-state index contributed by atoms with van der Waals surface area (Å²) in [6.45, 7) is 0.510. The fourth-order valence-corrected chi connectivity index (χ4v) is 5.59. The Morgan fingerprint density at radius 3 is 2.67 bits per heavy atom. The largest absolute Gasteiger partial charge is 0.253 e. The molecule has 2 aromatic rings. The molecule has 1 aliphatic rings. The summed E-state index contributed by atoms with van der Waals surface area (Å²) in [6, 6.07) is 13.0. The number of rotatable bonds is 3. The SMILES string of the molecule is C#C[C@@H]1CCCN1S(=O)(=O)c1ccc(-c2ccccc2)s1. The minimum Gasteiger partial charge on any atom is -0.206 e. The van der Waals surface area contributed by atoms with Crippen molar-refractivity contribution in [1.29, 1.82) is 0 Å². The van der Waals surface area contributed by atoms with Gasteiger partial charge < -0.3 is 0 Å². The Morgan fingerprint density at radius 2 is 1.95 bits per heavy atom. The molecule has 3 nitrogen and oxygen atoms in total. The van der Waals surface area contributed by atoms with Gasteiger partial charge >= 0.3 is 0 Å². The molecule has 2 heterocycles. The normalized spacial score (nSPS) is 19.5. The summed E-state index contributed by atoms with van der Waals surface area (Å²) < 4.78 is 27.2. The third-order valence-corrected chi connectivity index (χ3v) is 7.11. The molecule has 1 aliphatic heterocycles. The molecule has 1 aromatic carbocycles. The average Bonchev–Trinajstić information content (AvgIpc) is 3.17. The van der Waals surface area contributed by atoms with Gasteiger partial charge in [-0.2, -0.15) is 4.31 Å². The van der Waals surface area contributed by atoms with E-state index in [0.29, 0.717) is 10.8 Å². The van der Waals surface area contributed by atoms with Crippen LogP contribution < -0.4 is 0 Å². The number of benzene rings is 1. The molecule has 0 radical (unpaired) electrons. The quantitative estimate of drug-likeness (QED) is 0.815. The van der Waals surface area contributed by atoms with Crippen molar-refractivity contribution in [3.63, 3.8) is 0 Å². The number of thiophene rings is 1. The van der Waals surface area contributed by atoms with Crippen molar-refractivity contribution in [2.45, 2.75) is 23.1 Å². The highest BCUT2D eigenvalue weighted by atomic mass is 32.2. The third kappa shape index (κ3) is 2.62. The lowest BCUT2D eigenvalue weighted by atomic mass is 10.2. The maximum Gasteiger partial charge on any atom is 0.253 e. The molecular formula is C16H15NO2S2. The van der Waals surface area contributed by atoms with E-state index in [2.05, 4.69) is 5.92 Å². The van der Waals surface area contributed by atoms with E-state index in [0.717, 1.165) is 23.3 Å². The van der Waals surface area contributed by atoms with Crippen LogP contribution in [0.5, 0.6) is 0 Å². The first kappa shape index (κ1) is 14.3. The van der Waals surface area contributed by atoms with Gasteiger partial charge in [-0.05, 0) is 30.5 Å². The predicted molar refractivity (Wildman–Crippen MR) is 85.5 cm³/mol. The van der Waals surface area contributed by atoms with Crippen molar-refractivity contribution in [3.05, 3.63) is 42.5 Å². The summed E-state index contributed by atoms with van der Waals surface area (Å²) in [7, 11) is -3.48. The summed E-state index contributed by atoms with van der Waals surface area (Å²) in [5.74, 6) is 2.58. The molecule has 0 saturated carbocycles. The van der Waals surface area contributed by atoms with Crippen LogP contribution in [-0.4, -0.2) is 25.3 Å². The van der Waals surface area contributed by atoms with E-state index in [1.165, 1.54) is 15.6 Å². The Balaban J connectivity index is 1.94. The first-order valence-corrected chi connectivity index (χ1v) is 9.02. The van der Waals surface area contributed by atoms with E-state index >= 15 is 0 Å². The molecule has 0 N–H and O–H groups in total. The average molecular weight is 317 g/mol. The van der Waals surface area contributed by atoms with Gasteiger partial charge in [0.1, 0.15) is 4.21 Å². The van der Waals surface area contributed by atoms with Gasteiger partial charge in [-0.1, -0.05) is 36.3 Å². The van der Waals surface area contributed by atoms with Crippen LogP contribution in [0, 0.1) is 12.3 Å². The van der Waals surface area contributed by atoms with Gasteiger partial charge in [0, 0.05) is 11.4 Å². The molecule has 3 rings (SSSR count). The minimum absolute atomic E-state index is 0.308. The fourth-order valence-electron chi connectivity index (χ4n) is 2.53. The Kier molecular flexibility index (Phi) is 3.85. The van der Waals surface area contributed by atoms with Gasteiger partial charge in [0.05, 0.1) is 6.04 Å². The monoisotopic (exact) mass is 317 g/mol. The lowest BCUT2D eigenvalue weighted by molar-refractivity contribution is 0.441. The summed E-state index contributed by atoms with van der Waals surface area (Å²) in [5, 5.41) is 0. The van der Waals surface area contributed by atoms with Crippen molar-refractivity contribution in [2.75, 3.05) is 6.54 Å². The second-order valence-electron chi connectivity index (χ2n) is 4.93. The molecule has 108 valence electrons. The fraction of sp³-hybridized carbons (Fsp3) is 0.250. The standard InChI is InChI=1S/C16H15NO2S2/c1-2-14-9-6-12-17(14)21(18,19)16-11-10-15(20-16)13-7-4-3-5-8-13/h1,3-5,7-8,10-11,14H,6,9,12H2/t14-/m1/s1. The second kappa shape index (κ2) is 5.64. The minimum atomic E-state index is -3.48. The van der Waals surface area contributed by atoms with Gasteiger partial charge in [0.15, 0.2) is 0 Å². The van der Waals surface area contributed by atoms with E-state index in [1.54, 1.807) is 6.07 Å². The zero-order valence-corrected chi connectivity index (χ0v) is 13.0. The topological polar surface area (TPSA) is 37.4 Å². The first-order valence-electron chi connectivity index (χ1n) is 6.76. The van der Waals surface area contributed by atoms with Crippen LogP contribution in [-0.2, 0) is 10.0 Å². The van der Waals surface area contributed by atoms with E-state index in [1.807, 2.05) is 36.4 Å². The van der Waals surface area contributed by atoms with Crippen LogP contribution in [0.4, 0.5) is 0 Å². The van der Waals surface area contributed by atoms with Crippen LogP contribution in [0.2, 0.25) is 0 Å². The van der Waals surface area contributed by atoms with Crippen LogP contribution in [0.15, 0.2) is 46.7 Å².